The van der Waals surface area contributed by atoms with Gasteiger partial charge in [0.1, 0.15) is 0 Å². The lowest BCUT2D eigenvalue weighted by atomic mass is 9.95. The number of thiol groups is 1. The van der Waals surface area contributed by atoms with Crippen molar-refractivity contribution in [3.8, 4) is 0 Å². The smallest absolute Gasteiger partial charge is 0.311 e. The molecule has 1 saturated heterocycles. The third kappa shape index (κ3) is 6.65. The molecule has 12 heteroatoms. The number of H-pyrrole nitrogens is 2. The van der Waals surface area contributed by atoms with Crippen LogP contribution in [0.5, 0.6) is 0 Å². The maximum absolute atomic E-state index is 12.4. The molecule has 11 nitrogen and oxygen atoms in total. The molecule has 3 aliphatic rings. The molecular weight excluding hydrogens is 596 g/mol. The number of nitrogens with one attached hydrogen (secondary N) is 4. The van der Waals surface area contributed by atoms with E-state index in [0.29, 0.717) is 37.9 Å². The lowest BCUT2D eigenvalue weighted by molar-refractivity contribution is -0.138. The Hall–Kier alpha value is -3.32. The summed E-state index contributed by atoms with van der Waals surface area (Å²) in [7, 11) is 0. The Kier molecular flexibility index (Phi) is 9.69. The van der Waals surface area contributed by atoms with E-state index in [2.05, 4.69) is 40.2 Å². The highest BCUT2D eigenvalue weighted by atomic mass is 32.1. The quantitative estimate of drug-likeness (QED) is 0.0659. The molecule has 244 valence electrons. The number of aliphatic carboxylic acids is 2. The summed E-state index contributed by atoms with van der Waals surface area (Å²) in [6.07, 6.45) is 3.91. The number of amides is 1. The molecule has 0 aromatic carbocycles. The molecule has 0 aliphatic carbocycles. The van der Waals surface area contributed by atoms with Crippen molar-refractivity contribution in [2.24, 2.45) is 0 Å². The number of aromatic nitrogens is 2. The van der Waals surface area contributed by atoms with Gasteiger partial charge in [0.15, 0.2) is 0 Å². The molecule has 0 radical (unpaired) electrons. The normalized spacial score (nSPS) is 20.5. The van der Waals surface area contributed by atoms with E-state index in [4.69, 9.17) is 9.78 Å². The number of aromatic amines is 2. The molecule has 1 amide bonds. The van der Waals surface area contributed by atoms with E-state index in [1.165, 1.54) is 0 Å². The first-order valence-electron chi connectivity index (χ1n) is 15.7. The Morgan fingerprint density at radius 1 is 0.844 bits per heavy atom. The Morgan fingerprint density at radius 2 is 1.38 bits per heavy atom. The van der Waals surface area contributed by atoms with Crippen molar-refractivity contribution in [3.05, 3.63) is 67.3 Å². The van der Waals surface area contributed by atoms with E-state index in [9.17, 15) is 24.6 Å². The molecule has 0 bridgehead atoms. The number of rotatable bonds is 15. The van der Waals surface area contributed by atoms with Crippen LogP contribution >= 0.6 is 12.6 Å². The van der Waals surface area contributed by atoms with Gasteiger partial charge in [0.05, 0.1) is 6.04 Å². The molecule has 0 unspecified atom stereocenters. The van der Waals surface area contributed by atoms with Gasteiger partial charge in [0, 0.05) is 72.1 Å². The minimum atomic E-state index is -0.871. The van der Waals surface area contributed by atoms with E-state index in [0.717, 1.165) is 80.2 Å². The Balaban J connectivity index is 1.47. The molecule has 0 saturated carbocycles. The van der Waals surface area contributed by atoms with Crippen molar-refractivity contribution in [2.45, 2.75) is 110 Å². The summed E-state index contributed by atoms with van der Waals surface area (Å²) < 4.78 is 0. The van der Waals surface area contributed by atoms with Crippen molar-refractivity contribution in [1.29, 1.82) is 0 Å². The van der Waals surface area contributed by atoms with Gasteiger partial charge in [-0.3, -0.25) is 19.7 Å². The molecule has 2 atom stereocenters. The summed E-state index contributed by atoms with van der Waals surface area (Å²) in [5, 5.41) is 25.6. The summed E-state index contributed by atoms with van der Waals surface area (Å²) in [6, 6.07) is -0.146. The summed E-state index contributed by atoms with van der Waals surface area (Å²) in [6.45, 7) is 10.0. The van der Waals surface area contributed by atoms with Crippen molar-refractivity contribution >= 4 is 30.5 Å². The molecule has 6 N–H and O–H groups in total. The predicted molar refractivity (Wildman–Crippen MR) is 171 cm³/mol. The highest BCUT2D eigenvalue weighted by molar-refractivity contribution is 7.80. The zero-order valence-electron chi connectivity index (χ0n) is 26.6. The molecule has 5 heterocycles. The first-order valence-corrected chi connectivity index (χ1v) is 16.3. The van der Waals surface area contributed by atoms with Crippen molar-refractivity contribution in [2.75, 3.05) is 5.75 Å². The van der Waals surface area contributed by atoms with Gasteiger partial charge in [0.25, 0.3) is 0 Å². The maximum atomic E-state index is 12.4. The van der Waals surface area contributed by atoms with Crippen LogP contribution in [0.3, 0.4) is 0 Å². The molecule has 1 spiro atoms. The minimum absolute atomic E-state index is 0.00361. The fourth-order valence-electron chi connectivity index (χ4n) is 7.16. The average molecular weight is 641 g/mol. The van der Waals surface area contributed by atoms with Crippen molar-refractivity contribution in [3.63, 3.8) is 0 Å². The lowest BCUT2D eigenvalue weighted by Gasteiger charge is -2.14. The van der Waals surface area contributed by atoms with E-state index < -0.39 is 17.8 Å². The van der Waals surface area contributed by atoms with E-state index >= 15 is 0 Å². The van der Waals surface area contributed by atoms with Crippen LogP contribution in [0.15, 0.2) is 22.3 Å². The van der Waals surface area contributed by atoms with Crippen LogP contribution in [-0.4, -0.2) is 61.8 Å². The number of hydrogen-bond acceptors (Lipinski definition) is 7. The van der Waals surface area contributed by atoms with Gasteiger partial charge in [0.2, 0.25) is 5.91 Å². The largest absolute Gasteiger partial charge is 0.481 e. The van der Waals surface area contributed by atoms with Crippen LogP contribution < -0.4 is 10.6 Å². The number of carboxylic acid groups (broad SMARTS) is 2. The Morgan fingerprint density at radius 3 is 1.84 bits per heavy atom. The molecule has 45 heavy (non-hydrogen) atoms. The zero-order valence-corrected chi connectivity index (χ0v) is 27.5. The second-order valence-corrected chi connectivity index (χ2v) is 12.8. The van der Waals surface area contributed by atoms with Gasteiger partial charge >= 0.3 is 17.8 Å². The summed E-state index contributed by atoms with van der Waals surface area (Å²) in [5.41, 5.74) is 11.8. The third-order valence-electron chi connectivity index (χ3n) is 9.79. The SMILES string of the molecule is CCC1=C(C)C(=O)N[C@H]1Cc1[nH]c(Cc2[nH]c(C[C@H]3NC4(OO4)C(CCS)=C3C)c(C)c2CCC(=O)O)c(CCC(=O)O)c1C. The van der Waals surface area contributed by atoms with Crippen LogP contribution in [0, 0.1) is 13.8 Å². The van der Waals surface area contributed by atoms with E-state index in [1.807, 2.05) is 27.7 Å². The Labute approximate surface area is 268 Å². The summed E-state index contributed by atoms with van der Waals surface area (Å²) in [5.74, 6) is -1.98. The fourth-order valence-corrected chi connectivity index (χ4v) is 7.39. The van der Waals surface area contributed by atoms with Crippen molar-refractivity contribution in [1.82, 2.24) is 20.6 Å². The number of hydrogen-bond donors (Lipinski definition) is 7. The molecule has 3 aliphatic heterocycles. The molecular formula is C33H44N4O7S. The summed E-state index contributed by atoms with van der Waals surface area (Å²) >= 11 is 4.40. The second kappa shape index (κ2) is 13.2. The van der Waals surface area contributed by atoms with Crippen LogP contribution in [0.4, 0.5) is 0 Å². The predicted octanol–water partition coefficient (Wildman–Crippen LogP) is 4.12. The van der Waals surface area contributed by atoms with Gasteiger partial charge in [-0.15, -0.1) is 0 Å². The zero-order chi connectivity index (χ0) is 32.6. The first kappa shape index (κ1) is 33.1. The average Bonchev–Trinajstić information content (AvgIpc) is 3.43. The van der Waals surface area contributed by atoms with Gasteiger partial charge in [-0.25, -0.2) is 0 Å². The number of carbonyl (C=O) groups excluding carboxylic acids is 1. The maximum Gasteiger partial charge on any atom is 0.311 e. The lowest BCUT2D eigenvalue weighted by Crippen LogP contribution is -2.36. The van der Waals surface area contributed by atoms with Crippen LogP contribution in [0.1, 0.15) is 91.5 Å². The van der Waals surface area contributed by atoms with Crippen LogP contribution in [0.2, 0.25) is 0 Å². The van der Waals surface area contributed by atoms with E-state index in [1.54, 1.807) is 0 Å². The number of carbonyl (C=O) groups is 3. The monoisotopic (exact) mass is 640 g/mol. The second-order valence-electron chi connectivity index (χ2n) is 12.4. The highest BCUT2D eigenvalue weighted by Crippen LogP contribution is 2.45. The van der Waals surface area contributed by atoms with Crippen LogP contribution in [-0.2, 0) is 56.3 Å². The minimum Gasteiger partial charge on any atom is -0.481 e. The molecule has 2 aromatic rings. The van der Waals surface area contributed by atoms with Gasteiger partial charge in [-0.05, 0) is 92.5 Å². The van der Waals surface area contributed by atoms with Crippen LogP contribution in [0.25, 0.3) is 0 Å². The first-order chi connectivity index (χ1) is 21.4. The molecule has 2 aromatic heterocycles. The standard InChI is InChI=1S/C33H44N4O7S/c1-6-20-18(4)32(42)36-27(20)14-25-17(3)22(8-10-31(40)41)29(35-25)15-28-21(7-9-30(38)39)16(2)24(34-28)13-26-19(5)23(11-12-45)33(37-26)43-44-33/h26-27,34-35,37,45H,6-15H2,1-5H3,(H,36,42)(H,38,39)(H,40,41)/t26-,27+/m1/s1. The third-order valence-corrected chi connectivity index (χ3v) is 10.0. The molecule has 5 rings (SSSR count). The highest BCUT2D eigenvalue weighted by Gasteiger charge is 2.58. The summed E-state index contributed by atoms with van der Waals surface area (Å²) in [4.78, 5) is 53.6. The number of carboxylic acids is 2. The van der Waals surface area contributed by atoms with Gasteiger partial charge < -0.3 is 25.5 Å². The Bertz CT molecular complexity index is 1580. The fraction of sp³-hybridized carbons (Fsp3) is 0.545. The van der Waals surface area contributed by atoms with Gasteiger partial charge in [-0.2, -0.15) is 22.4 Å². The van der Waals surface area contributed by atoms with E-state index in [-0.39, 0.29) is 30.8 Å². The topological polar surface area (TPSA) is 172 Å². The van der Waals surface area contributed by atoms with Crippen molar-refractivity contribution < 1.29 is 34.4 Å². The van der Waals surface area contributed by atoms with Gasteiger partial charge in [-0.1, -0.05) is 6.92 Å². The molecule has 1 fully saturated rings.